The Kier molecular flexibility index (Phi) is 3.21. The first kappa shape index (κ1) is 7.75. The van der Waals surface area contributed by atoms with E-state index in [0.717, 1.165) is 19.4 Å². The highest BCUT2D eigenvalue weighted by Gasteiger charge is 2.18. The number of hydrogen-bond donors (Lipinski definition) is 1. The first-order valence-electron chi connectivity index (χ1n) is 3.19. The van der Waals surface area contributed by atoms with Gasteiger partial charge in [0.25, 0.3) is 0 Å². The van der Waals surface area contributed by atoms with E-state index in [2.05, 4.69) is 22.6 Å². The van der Waals surface area contributed by atoms with E-state index in [1.54, 1.807) is 0 Å². The summed E-state index contributed by atoms with van der Waals surface area (Å²) in [5.41, 5.74) is 0. The van der Waals surface area contributed by atoms with E-state index >= 15 is 0 Å². The Hall–Kier alpha value is 0.650. The van der Waals surface area contributed by atoms with Crippen LogP contribution in [0.15, 0.2) is 0 Å². The number of alkyl halides is 1. The van der Waals surface area contributed by atoms with Gasteiger partial charge in [0.2, 0.25) is 0 Å². The van der Waals surface area contributed by atoms with E-state index in [9.17, 15) is 0 Å². The van der Waals surface area contributed by atoms with Crippen molar-refractivity contribution in [1.82, 2.24) is 0 Å². The fourth-order valence-corrected chi connectivity index (χ4v) is 1.78. The number of halogens is 1. The van der Waals surface area contributed by atoms with E-state index in [-0.39, 0.29) is 12.7 Å². The van der Waals surface area contributed by atoms with Crippen molar-refractivity contribution in [2.45, 2.75) is 22.9 Å². The molecule has 0 aromatic heterocycles. The molecule has 1 saturated heterocycles. The molecule has 0 spiro atoms. The van der Waals surface area contributed by atoms with Crippen molar-refractivity contribution in [3.05, 3.63) is 0 Å². The van der Waals surface area contributed by atoms with Gasteiger partial charge in [-0.2, -0.15) is 0 Å². The average Bonchev–Trinajstić information content (AvgIpc) is 1.88. The van der Waals surface area contributed by atoms with E-state index in [4.69, 9.17) is 9.84 Å². The minimum atomic E-state index is 0.112. The Labute approximate surface area is 68.7 Å². The Morgan fingerprint density at radius 1 is 1.67 bits per heavy atom. The molecule has 9 heavy (non-hydrogen) atoms. The van der Waals surface area contributed by atoms with Crippen molar-refractivity contribution in [2.75, 3.05) is 13.2 Å². The number of aliphatic hydroxyl groups excluding tert-OH is 1. The molecule has 1 rings (SSSR count). The molecule has 0 amide bonds. The Morgan fingerprint density at radius 2 is 2.44 bits per heavy atom. The Balaban J connectivity index is 2.23. The van der Waals surface area contributed by atoms with E-state index < -0.39 is 0 Å². The molecule has 1 heterocycles. The highest BCUT2D eigenvalue weighted by atomic mass is 127. The SMILES string of the molecule is OCC1CC(I)CCO1. The third-order valence-electron chi connectivity index (χ3n) is 1.51. The van der Waals surface area contributed by atoms with Gasteiger partial charge >= 0.3 is 0 Å². The van der Waals surface area contributed by atoms with Gasteiger partial charge in [-0.3, -0.25) is 0 Å². The van der Waals surface area contributed by atoms with Gasteiger partial charge < -0.3 is 9.84 Å². The predicted molar refractivity (Wildman–Crippen MR) is 43.9 cm³/mol. The largest absolute Gasteiger partial charge is 0.394 e. The van der Waals surface area contributed by atoms with Crippen LogP contribution in [0.2, 0.25) is 0 Å². The minimum absolute atomic E-state index is 0.112. The zero-order valence-corrected chi connectivity index (χ0v) is 7.37. The van der Waals surface area contributed by atoms with Gasteiger partial charge in [0.15, 0.2) is 0 Å². The molecule has 54 valence electrons. The summed E-state index contributed by atoms with van der Waals surface area (Å²) in [5.74, 6) is 0. The Bertz CT molecular complexity index is 87.1. The number of hydrogen-bond acceptors (Lipinski definition) is 2. The second kappa shape index (κ2) is 3.73. The number of ether oxygens (including phenoxy) is 1. The van der Waals surface area contributed by atoms with E-state index in [1.807, 2.05) is 0 Å². The highest BCUT2D eigenvalue weighted by molar-refractivity contribution is 14.1. The van der Waals surface area contributed by atoms with Crippen molar-refractivity contribution in [2.24, 2.45) is 0 Å². The summed E-state index contributed by atoms with van der Waals surface area (Å²) < 4.78 is 5.95. The molecule has 0 saturated carbocycles. The van der Waals surface area contributed by atoms with E-state index in [0.29, 0.717) is 3.92 Å². The third-order valence-corrected chi connectivity index (χ3v) is 2.64. The molecule has 1 aliphatic heterocycles. The molecule has 3 heteroatoms. The molecule has 0 aliphatic carbocycles. The lowest BCUT2D eigenvalue weighted by Gasteiger charge is -2.24. The van der Waals surface area contributed by atoms with Gasteiger partial charge in [-0.25, -0.2) is 0 Å². The molecular formula is C6H11IO2. The van der Waals surface area contributed by atoms with Crippen molar-refractivity contribution in [3.63, 3.8) is 0 Å². The molecule has 2 unspecified atom stereocenters. The van der Waals surface area contributed by atoms with E-state index in [1.165, 1.54) is 0 Å². The van der Waals surface area contributed by atoms with Crippen LogP contribution in [-0.2, 0) is 4.74 Å². The molecule has 1 fully saturated rings. The van der Waals surface area contributed by atoms with Gasteiger partial charge in [0, 0.05) is 10.5 Å². The van der Waals surface area contributed by atoms with Crippen LogP contribution in [0.3, 0.4) is 0 Å². The van der Waals surface area contributed by atoms with Crippen LogP contribution in [-0.4, -0.2) is 28.3 Å². The minimum Gasteiger partial charge on any atom is -0.394 e. The lowest BCUT2D eigenvalue weighted by Crippen LogP contribution is -2.28. The van der Waals surface area contributed by atoms with Crippen molar-refractivity contribution in [1.29, 1.82) is 0 Å². The smallest absolute Gasteiger partial charge is 0.0815 e. The molecule has 2 nitrogen and oxygen atoms in total. The zero-order chi connectivity index (χ0) is 6.69. The van der Waals surface area contributed by atoms with Crippen LogP contribution >= 0.6 is 22.6 Å². The normalized spacial score (nSPS) is 36.7. The van der Waals surface area contributed by atoms with Crippen LogP contribution in [0.25, 0.3) is 0 Å². The van der Waals surface area contributed by atoms with Crippen LogP contribution in [0, 0.1) is 0 Å². The fraction of sp³-hybridized carbons (Fsp3) is 1.00. The average molecular weight is 242 g/mol. The molecule has 2 atom stereocenters. The van der Waals surface area contributed by atoms with Crippen LogP contribution in [0.5, 0.6) is 0 Å². The summed E-state index contributed by atoms with van der Waals surface area (Å²) >= 11 is 2.40. The van der Waals surface area contributed by atoms with Gasteiger partial charge in [0.1, 0.15) is 0 Å². The molecule has 1 aliphatic rings. The Morgan fingerprint density at radius 3 is 2.89 bits per heavy atom. The third kappa shape index (κ3) is 2.39. The number of aliphatic hydroxyl groups is 1. The second-order valence-electron chi connectivity index (χ2n) is 2.30. The van der Waals surface area contributed by atoms with Crippen LogP contribution < -0.4 is 0 Å². The molecule has 0 aromatic rings. The quantitative estimate of drug-likeness (QED) is 0.548. The molecule has 0 bridgehead atoms. The lowest BCUT2D eigenvalue weighted by molar-refractivity contribution is -0.0131. The van der Waals surface area contributed by atoms with Gasteiger partial charge in [-0.1, -0.05) is 22.6 Å². The lowest BCUT2D eigenvalue weighted by atomic mass is 10.1. The molecule has 0 aromatic carbocycles. The maximum atomic E-state index is 8.68. The molecule has 1 N–H and O–H groups in total. The van der Waals surface area contributed by atoms with Gasteiger partial charge in [0.05, 0.1) is 12.7 Å². The topological polar surface area (TPSA) is 29.5 Å². The standard InChI is InChI=1S/C6H11IO2/c7-5-1-2-9-6(3-5)4-8/h5-6,8H,1-4H2. The highest BCUT2D eigenvalue weighted by Crippen LogP contribution is 2.20. The fourth-order valence-electron chi connectivity index (χ4n) is 0.961. The second-order valence-corrected chi connectivity index (χ2v) is 4.06. The first-order chi connectivity index (χ1) is 4.33. The van der Waals surface area contributed by atoms with Crippen molar-refractivity contribution >= 4 is 22.6 Å². The zero-order valence-electron chi connectivity index (χ0n) is 5.22. The number of rotatable bonds is 1. The van der Waals surface area contributed by atoms with Crippen LogP contribution in [0.1, 0.15) is 12.8 Å². The maximum Gasteiger partial charge on any atom is 0.0815 e. The monoisotopic (exact) mass is 242 g/mol. The maximum absolute atomic E-state index is 8.68. The summed E-state index contributed by atoms with van der Waals surface area (Å²) in [6.07, 6.45) is 2.26. The summed E-state index contributed by atoms with van der Waals surface area (Å²) in [5, 5.41) is 8.68. The summed E-state index contributed by atoms with van der Waals surface area (Å²) in [7, 11) is 0. The van der Waals surface area contributed by atoms with Crippen LogP contribution in [0.4, 0.5) is 0 Å². The summed E-state index contributed by atoms with van der Waals surface area (Å²) in [6.45, 7) is 0.998. The van der Waals surface area contributed by atoms with Gasteiger partial charge in [-0.05, 0) is 12.8 Å². The predicted octanol–water partition coefficient (Wildman–Crippen LogP) is 0.961. The first-order valence-corrected chi connectivity index (χ1v) is 4.44. The van der Waals surface area contributed by atoms with Crippen molar-refractivity contribution in [3.8, 4) is 0 Å². The summed E-state index contributed by atoms with van der Waals surface area (Å²) in [4.78, 5) is 0. The molecule has 0 radical (unpaired) electrons. The molecular weight excluding hydrogens is 231 g/mol. The van der Waals surface area contributed by atoms with Gasteiger partial charge in [-0.15, -0.1) is 0 Å². The van der Waals surface area contributed by atoms with Crippen molar-refractivity contribution < 1.29 is 9.84 Å². The summed E-state index contributed by atoms with van der Waals surface area (Å²) in [6, 6.07) is 0.